The third-order valence-corrected chi connectivity index (χ3v) is 7.63. The molecule has 0 aromatic heterocycles. The molecule has 1 amide bonds. The summed E-state index contributed by atoms with van der Waals surface area (Å²) in [4.78, 5) is 59.3. The van der Waals surface area contributed by atoms with Crippen LogP contribution < -0.4 is 5.32 Å². The van der Waals surface area contributed by atoms with Crippen molar-refractivity contribution in [3.8, 4) is 0 Å². The summed E-state index contributed by atoms with van der Waals surface area (Å²) in [6, 6.07) is 0. The van der Waals surface area contributed by atoms with Gasteiger partial charge in [-0.1, -0.05) is 46.4 Å². The number of phosphoric acid groups is 1. The molecule has 206 valence electrons. The van der Waals surface area contributed by atoms with Crippen LogP contribution in [0.25, 0.3) is 0 Å². The van der Waals surface area contributed by atoms with Crippen molar-refractivity contribution >= 4 is 48.5 Å². The highest BCUT2D eigenvalue weighted by molar-refractivity contribution is 8.13. The van der Waals surface area contributed by atoms with E-state index in [-0.39, 0.29) is 30.4 Å². The van der Waals surface area contributed by atoms with Gasteiger partial charge in [-0.3, -0.25) is 33.0 Å². The Hall–Kier alpha value is -1.99. The van der Waals surface area contributed by atoms with Crippen molar-refractivity contribution in [3.63, 3.8) is 0 Å². The number of phosphoric ester groups is 1. The minimum atomic E-state index is -4.31. The monoisotopic (exact) mass is 555 g/mol. The minimum Gasteiger partial charge on any atom is -0.481 e. The molecule has 2 N–H and O–H groups in total. The maximum Gasteiger partial charge on any atom is 0.478 e. The number of carboxylic acids is 1. The smallest absolute Gasteiger partial charge is 0.478 e. The number of esters is 2. The normalized spacial score (nSPS) is 22.2. The minimum absolute atomic E-state index is 0.0323. The Labute approximate surface area is 213 Å². The quantitative estimate of drug-likeness (QED) is 0.203. The average molecular weight is 556 g/mol. The van der Waals surface area contributed by atoms with Gasteiger partial charge in [-0.2, -0.15) is 0 Å². The largest absolute Gasteiger partial charge is 0.481 e. The van der Waals surface area contributed by atoms with Crippen LogP contribution in [0, 0.1) is 16.7 Å². The summed E-state index contributed by atoms with van der Waals surface area (Å²) in [5, 5.41) is 11.6. The molecule has 1 aliphatic heterocycles. The number of hydrogen-bond acceptors (Lipinski definition) is 12. The molecule has 0 bridgehead atoms. The van der Waals surface area contributed by atoms with Crippen molar-refractivity contribution in [1.29, 1.82) is 0 Å². The third kappa shape index (κ3) is 10.6. The first-order valence-corrected chi connectivity index (χ1v) is 13.4. The highest BCUT2D eigenvalue weighted by Crippen LogP contribution is 2.57. The molecule has 0 unspecified atom stereocenters. The van der Waals surface area contributed by atoms with Gasteiger partial charge in [-0.25, -0.2) is 9.09 Å². The number of methoxy groups -OCH3 is 1. The number of rotatable bonds is 12. The number of carbonyl (C=O) groups excluding carboxylic acids is 4. The maximum atomic E-state index is 12.8. The number of ether oxygens (including phenoxy) is 2. The Morgan fingerprint density at radius 1 is 1.19 bits per heavy atom. The Morgan fingerprint density at radius 3 is 2.39 bits per heavy atom. The Bertz CT molecular complexity index is 885. The molecule has 0 aliphatic carbocycles. The lowest BCUT2D eigenvalue weighted by molar-refractivity contribution is -0.159. The van der Waals surface area contributed by atoms with Gasteiger partial charge in [0.2, 0.25) is 12.7 Å². The Morgan fingerprint density at radius 2 is 1.83 bits per heavy atom. The molecule has 1 rings (SSSR count). The van der Waals surface area contributed by atoms with Gasteiger partial charge in [0, 0.05) is 23.1 Å². The highest BCUT2D eigenvalue weighted by atomic mass is 32.2. The number of thioether (sulfide) groups is 1. The topological polar surface area (TPSA) is 181 Å². The van der Waals surface area contributed by atoms with E-state index in [9.17, 15) is 33.6 Å². The van der Waals surface area contributed by atoms with Crippen LogP contribution in [0.1, 0.15) is 47.5 Å². The summed E-state index contributed by atoms with van der Waals surface area (Å²) in [5.41, 5.74) is -1.57. The molecule has 0 aromatic rings. The van der Waals surface area contributed by atoms with Crippen molar-refractivity contribution in [1.82, 2.24) is 5.32 Å². The summed E-state index contributed by atoms with van der Waals surface area (Å²) in [7, 11) is -3.10. The first-order valence-electron chi connectivity index (χ1n) is 11.0. The molecule has 0 aromatic carbocycles. The molecular formula is C21H34NO12PS. The summed E-state index contributed by atoms with van der Waals surface area (Å²) in [5.74, 6) is -4.74. The molecule has 0 radical (unpaired) electrons. The zero-order valence-corrected chi connectivity index (χ0v) is 22.9. The first kappa shape index (κ1) is 32.0. The summed E-state index contributed by atoms with van der Waals surface area (Å²) >= 11 is 0.812. The maximum absolute atomic E-state index is 12.8. The fraction of sp³-hybridized carbons (Fsp3) is 0.762. The van der Waals surface area contributed by atoms with Crippen molar-refractivity contribution in [2.24, 2.45) is 16.7 Å². The van der Waals surface area contributed by atoms with Crippen LogP contribution in [0.3, 0.4) is 0 Å². The Kier molecular flexibility index (Phi) is 12.0. The lowest BCUT2D eigenvalue weighted by Crippen LogP contribution is -2.50. The third-order valence-electron chi connectivity index (χ3n) is 4.85. The number of carboxylic acid groups (broad SMARTS) is 1. The van der Waals surface area contributed by atoms with Crippen LogP contribution in [0.2, 0.25) is 0 Å². The number of nitrogens with one attached hydrogen (secondary N) is 1. The van der Waals surface area contributed by atoms with E-state index in [0.29, 0.717) is 0 Å². The summed E-state index contributed by atoms with van der Waals surface area (Å²) in [6.45, 7) is 7.25. The SMILES string of the molecule is COC(=O)CCNC(=O)[C@@H]1O[P@](=O)(OCOC(=O)C[C@@H](CSC(=O)C(C)(C)C)C(=O)O)OCC1(C)C. The van der Waals surface area contributed by atoms with E-state index in [1.807, 2.05) is 0 Å². The van der Waals surface area contributed by atoms with Gasteiger partial charge in [0.25, 0.3) is 0 Å². The molecule has 0 spiro atoms. The molecule has 1 fully saturated rings. The van der Waals surface area contributed by atoms with Gasteiger partial charge in [-0.05, 0) is 0 Å². The van der Waals surface area contributed by atoms with Crippen LogP contribution in [-0.4, -0.2) is 72.9 Å². The van der Waals surface area contributed by atoms with E-state index in [2.05, 4.69) is 10.1 Å². The Balaban J connectivity index is 2.61. The second-order valence-corrected chi connectivity index (χ2v) is 12.3. The molecular weight excluding hydrogens is 521 g/mol. The van der Waals surface area contributed by atoms with Crippen LogP contribution in [0.5, 0.6) is 0 Å². The van der Waals surface area contributed by atoms with Crippen LogP contribution >= 0.6 is 19.6 Å². The molecule has 13 nitrogen and oxygen atoms in total. The molecule has 1 heterocycles. The standard InChI is InChI=1S/C21H34NO12PS/c1-20(2,3)19(28)36-10-13(18(26)27)9-15(24)31-12-33-35(29)32-11-21(4,5)16(34-35)17(25)22-8-7-14(23)30-6/h13,16H,7-12H2,1-6H3,(H,22,25)(H,26,27)/t13-,16-,35-/m0/s1. The van der Waals surface area contributed by atoms with Crippen LogP contribution in [0.15, 0.2) is 0 Å². The molecule has 15 heteroatoms. The second kappa shape index (κ2) is 13.5. The molecule has 0 saturated carbocycles. The van der Waals surface area contributed by atoms with E-state index in [4.69, 9.17) is 18.3 Å². The van der Waals surface area contributed by atoms with Crippen molar-refractivity contribution in [2.45, 2.75) is 53.6 Å². The number of aliphatic carboxylic acids is 1. The van der Waals surface area contributed by atoms with Gasteiger partial charge >= 0.3 is 25.7 Å². The zero-order chi connectivity index (χ0) is 27.7. The number of amides is 1. The molecule has 3 atom stereocenters. The predicted octanol–water partition coefficient (Wildman–Crippen LogP) is 2.13. The van der Waals surface area contributed by atoms with Crippen molar-refractivity contribution in [3.05, 3.63) is 0 Å². The van der Waals surface area contributed by atoms with Gasteiger partial charge < -0.3 is 19.9 Å². The van der Waals surface area contributed by atoms with Gasteiger partial charge in [0.05, 0.1) is 32.5 Å². The summed E-state index contributed by atoms with van der Waals surface area (Å²) < 4.78 is 37.5. The molecule has 36 heavy (non-hydrogen) atoms. The molecule has 1 saturated heterocycles. The van der Waals surface area contributed by atoms with Crippen LogP contribution in [-0.2, 0) is 51.6 Å². The lowest BCUT2D eigenvalue weighted by atomic mass is 9.87. The van der Waals surface area contributed by atoms with Gasteiger partial charge in [-0.15, -0.1) is 0 Å². The van der Waals surface area contributed by atoms with Gasteiger partial charge in [0.1, 0.15) is 0 Å². The van der Waals surface area contributed by atoms with Crippen molar-refractivity contribution in [2.75, 3.05) is 32.8 Å². The molecule has 1 aliphatic rings. The fourth-order valence-electron chi connectivity index (χ4n) is 2.60. The van der Waals surface area contributed by atoms with Gasteiger partial charge in [0.15, 0.2) is 11.2 Å². The fourth-order valence-corrected chi connectivity index (χ4v) is 5.16. The van der Waals surface area contributed by atoms with Crippen molar-refractivity contribution < 1.29 is 56.7 Å². The van der Waals surface area contributed by atoms with E-state index in [0.717, 1.165) is 11.8 Å². The average Bonchev–Trinajstić information content (AvgIpc) is 2.77. The lowest BCUT2D eigenvalue weighted by Gasteiger charge is -2.39. The number of carbonyl (C=O) groups is 5. The zero-order valence-electron chi connectivity index (χ0n) is 21.2. The number of hydrogen-bond donors (Lipinski definition) is 2. The first-order chi connectivity index (χ1) is 16.5. The second-order valence-electron chi connectivity index (χ2n) is 9.66. The predicted molar refractivity (Wildman–Crippen MR) is 127 cm³/mol. The van der Waals surface area contributed by atoms with E-state index < -0.39 is 67.7 Å². The highest BCUT2D eigenvalue weighted by Gasteiger charge is 2.49. The van der Waals surface area contributed by atoms with E-state index in [1.165, 1.54) is 7.11 Å². The van der Waals surface area contributed by atoms with Crippen LogP contribution in [0.4, 0.5) is 0 Å². The summed E-state index contributed by atoms with van der Waals surface area (Å²) in [6.07, 6.45) is -1.89. The van der Waals surface area contributed by atoms with E-state index >= 15 is 0 Å². The van der Waals surface area contributed by atoms with E-state index in [1.54, 1.807) is 34.6 Å².